The normalized spacial score (nSPS) is 12.8. The Morgan fingerprint density at radius 1 is 1.21 bits per heavy atom. The topological polar surface area (TPSA) is 92.9 Å². The number of thiophene rings is 1. The van der Waals surface area contributed by atoms with Gasteiger partial charge in [0.1, 0.15) is 22.2 Å². The number of fused-ring (bicyclic) bond motifs is 1. The van der Waals surface area contributed by atoms with Crippen LogP contribution in [-0.4, -0.2) is 37.4 Å². The van der Waals surface area contributed by atoms with Crippen molar-refractivity contribution in [2.45, 2.75) is 25.7 Å². The van der Waals surface area contributed by atoms with Crippen LogP contribution in [0.5, 0.6) is 0 Å². The first-order valence-electron chi connectivity index (χ1n) is 9.85. The number of nitrogens with one attached hydrogen (secondary N) is 1. The van der Waals surface area contributed by atoms with E-state index in [-0.39, 0.29) is 34.8 Å². The van der Waals surface area contributed by atoms with Gasteiger partial charge < -0.3 is 10.4 Å². The molecule has 7 nitrogen and oxygen atoms in total. The van der Waals surface area contributed by atoms with E-state index < -0.39 is 35.6 Å². The van der Waals surface area contributed by atoms with Crippen LogP contribution < -0.4 is 5.32 Å². The number of hydrogen-bond acceptors (Lipinski definition) is 6. The molecule has 2 N–H and O–H groups in total. The van der Waals surface area contributed by atoms with Crippen molar-refractivity contribution in [1.82, 2.24) is 25.1 Å². The second-order valence-electron chi connectivity index (χ2n) is 7.28. The van der Waals surface area contributed by atoms with Crippen LogP contribution in [0.15, 0.2) is 36.7 Å². The van der Waals surface area contributed by atoms with Crippen molar-refractivity contribution < 1.29 is 31.9 Å². The predicted molar refractivity (Wildman–Crippen MR) is 113 cm³/mol. The third-order valence-electron chi connectivity index (χ3n) is 4.92. The average molecular weight is 497 g/mol. The number of nitrogens with zero attached hydrogens (tertiary/aromatic N) is 4. The number of benzene rings is 1. The third-order valence-corrected chi connectivity index (χ3v) is 6.06. The second-order valence-corrected chi connectivity index (χ2v) is 8.31. The summed E-state index contributed by atoms with van der Waals surface area (Å²) in [5.41, 5.74) is 0.478. The smallest absolute Gasteiger partial charge is 0.394 e. The summed E-state index contributed by atoms with van der Waals surface area (Å²) in [6, 6.07) is 3.83. The lowest BCUT2D eigenvalue weighted by atomic mass is 10.1. The number of amides is 1. The minimum absolute atomic E-state index is 0.0307. The first kappa shape index (κ1) is 23.7. The molecule has 178 valence electrons. The zero-order valence-electron chi connectivity index (χ0n) is 17.4. The Morgan fingerprint density at radius 2 is 1.91 bits per heavy atom. The van der Waals surface area contributed by atoms with Gasteiger partial charge in [0, 0.05) is 35.0 Å². The number of rotatable bonds is 6. The number of aromatic nitrogens is 4. The van der Waals surface area contributed by atoms with Gasteiger partial charge in [-0.15, -0.1) is 11.3 Å². The highest BCUT2D eigenvalue weighted by Crippen LogP contribution is 2.35. The molecule has 0 aliphatic rings. The fourth-order valence-corrected chi connectivity index (χ4v) is 4.30. The Hall–Kier alpha value is -3.45. The van der Waals surface area contributed by atoms with Crippen molar-refractivity contribution in [2.75, 3.05) is 6.61 Å². The van der Waals surface area contributed by atoms with E-state index >= 15 is 0 Å². The quantitative estimate of drug-likeness (QED) is 0.387. The maximum absolute atomic E-state index is 14.4. The molecule has 4 rings (SSSR count). The molecule has 3 heterocycles. The predicted octanol–water partition coefficient (Wildman–Crippen LogP) is 4.34. The van der Waals surface area contributed by atoms with Gasteiger partial charge in [0.05, 0.1) is 24.1 Å². The molecule has 0 saturated heterocycles. The van der Waals surface area contributed by atoms with Gasteiger partial charge in [-0.1, -0.05) is 0 Å². The fourth-order valence-electron chi connectivity index (χ4n) is 3.26. The maximum atomic E-state index is 14.4. The summed E-state index contributed by atoms with van der Waals surface area (Å²) < 4.78 is 67.1. The molecule has 1 aromatic carbocycles. The number of carbonyl (C=O) groups excluding carboxylic acids is 1. The van der Waals surface area contributed by atoms with Crippen molar-refractivity contribution in [1.29, 1.82) is 0 Å². The molecule has 0 fully saturated rings. The average Bonchev–Trinajstić information content (AvgIpc) is 3.34. The molecule has 0 aliphatic heterocycles. The number of halogens is 5. The molecular formula is C21H16F5N5O2S. The Morgan fingerprint density at radius 3 is 2.53 bits per heavy atom. The van der Waals surface area contributed by atoms with Gasteiger partial charge in [0.2, 0.25) is 5.82 Å². The molecule has 13 heteroatoms. The van der Waals surface area contributed by atoms with Gasteiger partial charge >= 0.3 is 6.18 Å². The van der Waals surface area contributed by atoms with Gasteiger partial charge in [-0.05, 0) is 25.1 Å². The van der Waals surface area contributed by atoms with Crippen LogP contribution in [0.4, 0.5) is 22.0 Å². The summed E-state index contributed by atoms with van der Waals surface area (Å²) in [6.45, 7) is 1.39. The van der Waals surface area contributed by atoms with E-state index in [1.165, 1.54) is 16.8 Å². The third kappa shape index (κ3) is 4.61. The molecule has 1 amide bonds. The van der Waals surface area contributed by atoms with Gasteiger partial charge in [0.25, 0.3) is 5.91 Å². The molecule has 3 aromatic heterocycles. The lowest BCUT2D eigenvalue weighted by Gasteiger charge is -2.13. The molecule has 0 unspecified atom stereocenters. The SMILES string of the molecule is C[C@@H](NC(=O)c1cc2c(-c3ccc(F)cc3F)nn(CCO)c2s1)c1cnc(C(F)(F)F)nc1. The fraction of sp³-hybridized carbons (Fsp3) is 0.238. The van der Waals surface area contributed by atoms with Crippen LogP contribution in [0.1, 0.15) is 34.0 Å². The van der Waals surface area contributed by atoms with Gasteiger partial charge in [-0.25, -0.2) is 18.7 Å². The van der Waals surface area contributed by atoms with Crippen LogP contribution in [0.3, 0.4) is 0 Å². The number of aliphatic hydroxyl groups excluding tert-OH is 1. The van der Waals surface area contributed by atoms with Crippen LogP contribution in [0.2, 0.25) is 0 Å². The first-order valence-corrected chi connectivity index (χ1v) is 10.7. The molecule has 0 bridgehead atoms. The summed E-state index contributed by atoms with van der Waals surface area (Å²) in [6.07, 6.45) is -2.70. The zero-order chi connectivity index (χ0) is 24.6. The van der Waals surface area contributed by atoms with E-state index in [9.17, 15) is 31.9 Å². The molecule has 0 spiro atoms. The Bertz CT molecular complexity index is 1350. The minimum atomic E-state index is -4.67. The minimum Gasteiger partial charge on any atom is -0.394 e. The number of hydrogen-bond donors (Lipinski definition) is 2. The molecule has 4 aromatic rings. The van der Waals surface area contributed by atoms with Crippen LogP contribution in [-0.2, 0) is 12.7 Å². The molecule has 0 aliphatic carbocycles. The molecule has 0 saturated carbocycles. The molecule has 0 radical (unpaired) electrons. The van der Waals surface area contributed by atoms with Gasteiger partial charge in [-0.3, -0.25) is 9.48 Å². The van der Waals surface area contributed by atoms with Crippen molar-refractivity contribution in [2.24, 2.45) is 0 Å². The summed E-state index contributed by atoms with van der Waals surface area (Å²) in [5.74, 6) is -3.40. The van der Waals surface area contributed by atoms with E-state index in [1.807, 2.05) is 0 Å². The van der Waals surface area contributed by atoms with E-state index in [1.54, 1.807) is 6.92 Å². The number of alkyl halides is 3. The van der Waals surface area contributed by atoms with Crippen molar-refractivity contribution in [3.8, 4) is 11.3 Å². The lowest BCUT2D eigenvalue weighted by Crippen LogP contribution is -2.26. The summed E-state index contributed by atoms with van der Waals surface area (Å²) >= 11 is 1.04. The maximum Gasteiger partial charge on any atom is 0.451 e. The highest BCUT2D eigenvalue weighted by Gasteiger charge is 2.34. The van der Waals surface area contributed by atoms with Crippen molar-refractivity contribution in [3.05, 3.63) is 64.6 Å². The molecule has 1 atom stereocenters. The van der Waals surface area contributed by atoms with Crippen molar-refractivity contribution >= 4 is 27.5 Å². The highest BCUT2D eigenvalue weighted by atomic mass is 32.1. The van der Waals surface area contributed by atoms with E-state index in [4.69, 9.17) is 0 Å². The van der Waals surface area contributed by atoms with E-state index in [0.717, 1.165) is 35.9 Å². The van der Waals surface area contributed by atoms with Gasteiger partial charge in [0.15, 0.2) is 0 Å². The van der Waals surface area contributed by atoms with Crippen LogP contribution >= 0.6 is 11.3 Å². The second kappa shape index (κ2) is 9.06. The largest absolute Gasteiger partial charge is 0.451 e. The first-order chi connectivity index (χ1) is 16.1. The summed E-state index contributed by atoms with van der Waals surface area (Å²) in [5, 5.41) is 16.7. The lowest BCUT2D eigenvalue weighted by molar-refractivity contribution is -0.145. The number of carbonyl (C=O) groups is 1. The van der Waals surface area contributed by atoms with Crippen molar-refractivity contribution in [3.63, 3.8) is 0 Å². The Labute approximate surface area is 192 Å². The highest BCUT2D eigenvalue weighted by molar-refractivity contribution is 7.20. The standard InChI is InChI=1S/C21H16F5N5O2S/c1-10(11-8-27-20(28-9-11)21(24,25)26)29-18(33)16-7-14-17(13-3-2-12(22)6-15(13)23)30-31(4-5-32)19(14)34-16/h2-3,6-10,32H,4-5H2,1H3,(H,29,33)/t10-/m1/s1. The van der Waals surface area contributed by atoms with Crippen LogP contribution in [0.25, 0.3) is 21.5 Å². The monoisotopic (exact) mass is 497 g/mol. The van der Waals surface area contributed by atoms with Crippen LogP contribution in [0, 0.1) is 11.6 Å². The Balaban J connectivity index is 1.63. The van der Waals surface area contributed by atoms with E-state index in [2.05, 4.69) is 20.4 Å². The van der Waals surface area contributed by atoms with E-state index in [0.29, 0.717) is 10.2 Å². The number of aliphatic hydroxyl groups is 1. The molecular weight excluding hydrogens is 481 g/mol. The molecule has 34 heavy (non-hydrogen) atoms. The Kier molecular flexibility index (Phi) is 6.32. The summed E-state index contributed by atoms with van der Waals surface area (Å²) in [7, 11) is 0. The zero-order valence-corrected chi connectivity index (χ0v) is 18.2. The summed E-state index contributed by atoms with van der Waals surface area (Å²) in [4.78, 5) is 20.1. The van der Waals surface area contributed by atoms with Gasteiger partial charge in [-0.2, -0.15) is 18.3 Å².